The molecule has 0 aliphatic heterocycles. The van der Waals surface area contributed by atoms with Crippen LogP contribution in [0.1, 0.15) is 32.9 Å². The summed E-state index contributed by atoms with van der Waals surface area (Å²) in [6.45, 7) is 1.98. The molecular weight excluding hydrogens is 402 g/mol. The minimum atomic E-state index is -2.94. The monoisotopic (exact) mass is 428 g/mol. The number of benzene rings is 2. The van der Waals surface area contributed by atoms with Crippen molar-refractivity contribution < 1.29 is 23.0 Å². The molecule has 7 heteroatoms. The number of aryl methyl sites for hydroxylation is 1. The lowest BCUT2D eigenvalue weighted by atomic mass is 10.1. The number of alkyl halides is 2. The molecule has 0 saturated heterocycles. The lowest BCUT2D eigenvalue weighted by Gasteiger charge is -2.19. The molecule has 31 heavy (non-hydrogen) atoms. The van der Waals surface area contributed by atoms with E-state index in [9.17, 15) is 13.6 Å². The van der Waals surface area contributed by atoms with Crippen molar-refractivity contribution in [3.63, 3.8) is 0 Å². The molecule has 5 nitrogen and oxygen atoms in total. The summed E-state index contributed by atoms with van der Waals surface area (Å²) >= 11 is 0. The van der Waals surface area contributed by atoms with Crippen LogP contribution in [0.3, 0.4) is 0 Å². The highest BCUT2D eigenvalue weighted by atomic mass is 19.3. The Kier molecular flexibility index (Phi) is 6.95. The number of nitrogens with zero attached hydrogens (tertiary/aromatic N) is 2. The number of carbonyl (C=O) groups excluding carboxylic acids is 1. The summed E-state index contributed by atoms with van der Waals surface area (Å²) in [6.07, 6.45) is 0. The fourth-order valence-electron chi connectivity index (χ4n) is 3.58. The first-order valence-corrected chi connectivity index (χ1v) is 9.88. The average Bonchev–Trinajstić information content (AvgIpc) is 3.02. The third-order valence-electron chi connectivity index (χ3n) is 5.20. The van der Waals surface area contributed by atoms with Crippen LogP contribution in [0.2, 0.25) is 0 Å². The van der Waals surface area contributed by atoms with E-state index in [0.717, 1.165) is 22.5 Å². The fourth-order valence-corrected chi connectivity index (χ4v) is 3.58. The van der Waals surface area contributed by atoms with Crippen molar-refractivity contribution in [2.45, 2.75) is 33.5 Å². The fraction of sp³-hybridized carbons (Fsp3) is 0.292. The summed E-state index contributed by atoms with van der Waals surface area (Å²) in [5, 5.41) is 0. The number of rotatable bonds is 8. The normalized spacial score (nSPS) is 10.9. The highest BCUT2D eigenvalue weighted by molar-refractivity contribution is 5.95. The van der Waals surface area contributed by atoms with Gasteiger partial charge in [0, 0.05) is 31.5 Å². The summed E-state index contributed by atoms with van der Waals surface area (Å²) < 4.78 is 36.8. The van der Waals surface area contributed by atoms with Crippen LogP contribution in [0, 0.1) is 13.8 Å². The van der Waals surface area contributed by atoms with Crippen molar-refractivity contribution in [1.82, 2.24) is 9.47 Å². The van der Waals surface area contributed by atoms with E-state index < -0.39 is 6.61 Å². The van der Waals surface area contributed by atoms with Crippen molar-refractivity contribution in [3.8, 4) is 11.5 Å². The van der Waals surface area contributed by atoms with Gasteiger partial charge in [0.1, 0.15) is 0 Å². The Morgan fingerprint density at radius 1 is 1.03 bits per heavy atom. The lowest BCUT2D eigenvalue weighted by molar-refractivity contribution is -0.0512. The molecule has 1 heterocycles. The zero-order valence-corrected chi connectivity index (χ0v) is 18.1. The number of hydrogen-bond acceptors (Lipinski definition) is 3. The van der Waals surface area contributed by atoms with Gasteiger partial charge in [0.15, 0.2) is 11.5 Å². The maximum atomic E-state index is 13.1. The highest BCUT2D eigenvalue weighted by Gasteiger charge is 2.20. The Labute approximate surface area is 180 Å². The molecule has 164 valence electrons. The van der Waals surface area contributed by atoms with Gasteiger partial charge in [-0.3, -0.25) is 4.79 Å². The van der Waals surface area contributed by atoms with Crippen molar-refractivity contribution in [2.75, 3.05) is 14.2 Å². The smallest absolute Gasteiger partial charge is 0.387 e. The number of methoxy groups -OCH3 is 1. The van der Waals surface area contributed by atoms with Crippen LogP contribution in [-0.4, -0.2) is 36.1 Å². The zero-order valence-electron chi connectivity index (χ0n) is 18.1. The third kappa shape index (κ3) is 5.23. The maximum Gasteiger partial charge on any atom is 0.387 e. The summed E-state index contributed by atoms with van der Waals surface area (Å²) in [5.74, 6) is 0.0404. The number of halogens is 2. The summed E-state index contributed by atoms with van der Waals surface area (Å²) in [4.78, 5) is 14.7. The Hall–Kier alpha value is -3.35. The first kappa shape index (κ1) is 22.3. The molecule has 1 amide bonds. The second-order valence-corrected chi connectivity index (χ2v) is 7.38. The maximum absolute atomic E-state index is 13.1. The first-order valence-electron chi connectivity index (χ1n) is 9.88. The average molecular weight is 428 g/mol. The molecule has 0 N–H and O–H groups in total. The van der Waals surface area contributed by atoms with Gasteiger partial charge in [-0.25, -0.2) is 0 Å². The summed E-state index contributed by atoms with van der Waals surface area (Å²) in [7, 11) is 3.09. The molecular formula is C24H26F2N2O3. The Bertz CT molecular complexity index is 1050. The van der Waals surface area contributed by atoms with Crippen molar-refractivity contribution >= 4 is 5.91 Å². The number of hydrogen-bond donors (Lipinski definition) is 0. The molecule has 0 saturated carbocycles. The van der Waals surface area contributed by atoms with Crippen molar-refractivity contribution in [2.24, 2.45) is 0 Å². The van der Waals surface area contributed by atoms with Crippen molar-refractivity contribution in [1.29, 1.82) is 0 Å². The Balaban J connectivity index is 1.77. The standard InChI is InChI=1S/C24H26F2N2O3/c1-16-12-20(17(2)28(16)15-18-8-6-5-7-9-18)23(29)27(3)14-19-10-11-21(31-24(25)26)22(13-19)30-4/h5-13,24H,14-15H2,1-4H3. The van der Waals surface area contributed by atoms with Crippen LogP contribution < -0.4 is 9.47 Å². The first-order chi connectivity index (χ1) is 14.8. The van der Waals surface area contributed by atoms with Gasteiger partial charge in [0.25, 0.3) is 5.91 Å². The van der Waals surface area contributed by atoms with Crippen LogP contribution >= 0.6 is 0 Å². The third-order valence-corrected chi connectivity index (χ3v) is 5.20. The van der Waals surface area contributed by atoms with E-state index in [0.29, 0.717) is 18.7 Å². The van der Waals surface area contributed by atoms with E-state index in [1.165, 1.54) is 13.2 Å². The van der Waals surface area contributed by atoms with E-state index in [2.05, 4.69) is 21.4 Å². The molecule has 0 bridgehead atoms. The molecule has 0 atom stereocenters. The van der Waals surface area contributed by atoms with E-state index in [-0.39, 0.29) is 17.4 Å². The predicted octanol–water partition coefficient (Wildman–Crippen LogP) is 5.04. The van der Waals surface area contributed by atoms with Crippen LogP contribution in [0.15, 0.2) is 54.6 Å². The molecule has 3 aromatic rings. The van der Waals surface area contributed by atoms with Gasteiger partial charge in [-0.05, 0) is 43.2 Å². The lowest BCUT2D eigenvalue weighted by Crippen LogP contribution is -2.26. The summed E-state index contributed by atoms with van der Waals surface area (Å²) in [5.41, 5.74) is 4.45. The molecule has 0 spiro atoms. The van der Waals surface area contributed by atoms with Gasteiger partial charge < -0.3 is 18.9 Å². The number of aromatic nitrogens is 1. The second-order valence-electron chi connectivity index (χ2n) is 7.38. The zero-order chi connectivity index (χ0) is 22.5. The van der Waals surface area contributed by atoms with Crippen LogP contribution in [-0.2, 0) is 13.1 Å². The number of ether oxygens (including phenoxy) is 2. The quantitative estimate of drug-likeness (QED) is 0.505. The van der Waals surface area contributed by atoms with Crippen molar-refractivity contribution in [3.05, 3.63) is 82.7 Å². The van der Waals surface area contributed by atoms with Gasteiger partial charge in [-0.1, -0.05) is 36.4 Å². The molecule has 1 aromatic heterocycles. The number of carbonyl (C=O) groups is 1. The number of amides is 1. The largest absolute Gasteiger partial charge is 0.493 e. The molecule has 0 unspecified atom stereocenters. The van der Waals surface area contributed by atoms with E-state index in [1.807, 2.05) is 38.1 Å². The van der Waals surface area contributed by atoms with Gasteiger partial charge in [-0.2, -0.15) is 8.78 Å². The van der Waals surface area contributed by atoms with Crippen LogP contribution in [0.5, 0.6) is 11.5 Å². The minimum absolute atomic E-state index is 0.0420. The highest BCUT2D eigenvalue weighted by Crippen LogP contribution is 2.30. The minimum Gasteiger partial charge on any atom is -0.493 e. The van der Waals surface area contributed by atoms with Crippen LogP contribution in [0.25, 0.3) is 0 Å². The Morgan fingerprint density at radius 3 is 2.39 bits per heavy atom. The van der Waals surface area contributed by atoms with Gasteiger partial charge >= 0.3 is 6.61 Å². The van der Waals surface area contributed by atoms with Gasteiger partial charge in [0.05, 0.1) is 12.7 Å². The Morgan fingerprint density at radius 2 is 1.74 bits per heavy atom. The molecule has 2 aromatic carbocycles. The molecule has 3 rings (SSSR count). The van der Waals surface area contributed by atoms with E-state index in [4.69, 9.17) is 4.74 Å². The van der Waals surface area contributed by atoms with E-state index in [1.54, 1.807) is 24.1 Å². The SMILES string of the molecule is COc1cc(CN(C)C(=O)c2cc(C)n(Cc3ccccc3)c2C)ccc1OC(F)F. The topological polar surface area (TPSA) is 43.7 Å². The predicted molar refractivity (Wildman–Crippen MR) is 115 cm³/mol. The molecule has 0 radical (unpaired) electrons. The molecule has 0 aliphatic rings. The molecule has 0 aliphatic carbocycles. The molecule has 0 fully saturated rings. The van der Waals surface area contributed by atoms with E-state index >= 15 is 0 Å². The van der Waals surface area contributed by atoms with Gasteiger partial charge in [0.2, 0.25) is 0 Å². The summed E-state index contributed by atoms with van der Waals surface area (Å²) in [6, 6.07) is 16.6. The van der Waals surface area contributed by atoms with Crippen LogP contribution in [0.4, 0.5) is 8.78 Å². The van der Waals surface area contributed by atoms with Gasteiger partial charge in [-0.15, -0.1) is 0 Å². The second kappa shape index (κ2) is 9.64.